The molecule has 1 rings (SSSR count). The Kier molecular flexibility index (Phi) is 6.51. The molecule has 0 bridgehead atoms. The van der Waals surface area contributed by atoms with Gasteiger partial charge in [-0.25, -0.2) is 0 Å². The van der Waals surface area contributed by atoms with Crippen molar-refractivity contribution >= 4 is 5.57 Å². The number of allylic oxidation sites excluding steroid dienone is 1. The van der Waals surface area contributed by atoms with Crippen LogP contribution >= 0.6 is 0 Å². The zero-order chi connectivity index (χ0) is 13.4. The van der Waals surface area contributed by atoms with Crippen LogP contribution in [0, 0.1) is 5.92 Å². The molecule has 0 unspecified atom stereocenters. The number of hydrogen-bond acceptors (Lipinski definition) is 2. The van der Waals surface area contributed by atoms with Gasteiger partial charge >= 0.3 is 0 Å². The Morgan fingerprint density at radius 2 is 2.17 bits per heavy atom. The van der Waals surface area contributed by atoms with Crippen molar-refractivity contribution < 1.29 is 4.74 Å². The van der Waals surface area contributed by atoms with Gasteiger partial charge in [-0.1, -0.05) is 32.1 Å². The van der Waals surface area contributed by atoms with Crippen LogP contribution in [0.15, 0.2) is 30.3 Å². The quantitative estimate of drug-likeness (QED) is 0.741. The first-order chi connectivity index (χ1) is 8.63. The summed E-state index contributed by atoms with van der Waals surface area (Å²) in [4.78, 5) is 0. The molecule has 0 saturated heterocycles. The van der Waals surface area contributed by atoms with E-state index in [1.165, 1.54) is 11.1 Å². The Morgan fingerprint density at radius 3 is 2.83 bits per heavy atom. The highest BCUT2D eigenvalue weighted by Gasteiger charge is 1.98. The highest BCUT2D eigenvalue weighted by atomic mass is 16.5. The minimum absolute atomic E-state index is 0.716. The van der Waals surface area contributed by atoms with E-state index in [0.717, 1.165) is 25.3 Å². The second-order valence-corrected chi connectivity index (χ2v) is 5.01. The maximum atomic E-state index is 5.23. The molecular formula is C16H25NO. The third-order valence-corrected chi connectivity index (χ3v) is 2.85. The smallest absolute Gasteiger partial charge is 0.119 e. The van der Waals surface area contributed by atoms with Gasteiger partial charge in [0.15, 0.2) is 0 Å². The molecule has 100 valence electrons. The number of benzene rings is 1. The zero-order valence-corrected chi connectivity index (χ0v) is 12.0. The summed E-state index contributed by atoms with van der Waals surface area (Å²) >= 11 is 0. The van der Waals surface area contributed by atoms with Crippen molar-refractivity contribution in [3.05, 3.63) is 35.9 Å². The van der Waals surface area contributed by atoms with Crippen molar-refractivity contribution in [2.24, 2.45) is 5.92 Å². The van der Waals surface area contributed by atoms with Crippen molar-refractivity contribution in [3.63, 3.8) is 0 Å². The molecule has 1 N–H and O–H groups in total. The van der Waals surface area contributed by atoms with Gasteiger partial charge in [0.25, 0.3) is 0 Å². The molecule has 0 atom stereocenters. The van der Waals surface area contributed by atoms with Crippen molar-refractivity contribution in [2.75, 3.05) is 20.2 Å². The van der Waals surface area contributed by atoms with Gasteiger partial charge < -0.3 is 10.1 Å². The molecule has 0 radical (unpaired) electrons. The SMILES string of the molecule is COc1cccc(C(C)=CCCNCC(C)C)c1. The normalized spacial score (nSPS) is 11.9. The molecule has 0 spiro atoms. The molecule has 2 heteroatoms. The van der Waals surface area contributed by atoms with Crippen LogP contribution in [0.5, 0.6) is 5.75 Å². The zero-order valence-electron chi connectivity index (χ0n) is 12.0. The third kappa shape index (κ3) is 5.37. The van der Waals surface area contributed by atoms with Crippen LogP contribution in [0.1, 0.15) is 32.8 Å². The van der Waals surface area contributed by atoms with E-state index in [1.807, 2.05) is 12.1 Å². The summed E-state index contributed by atoms with van der Waals surface area (Å²) in [7, 11) is 1.70. The minimum Gasteiger partial charge on any atom is -0.497 e. The van der Waals surface area contributed by atoms with Crippen molar-refractivity contribution in [2.45, 2.75) is 27.2 Å². The molecule has 18 heavy (non-hydrogen) atoms. The van der Waals surface area contributed by atoms with E-state index in [0.29, 0.717) is 5.92 Å². The van der Waals surface area contributed by atoms with E-state index in [9.17, 15) is 0 Å². The van der Waals surface area contributed by atoms with Crippen LogP contribution in [0.3, 0.4) is 0 Å². The number of ether oxygens (including phenoxy) is 1. The second kappa shape index (κ2) is 7.93. The molecule has 0 aliphatic carbocycles. The van der Waals surface area contributed by atoms with Gasteiger partial charge in [-0.15, -0.1) is 0 Å². The van der Waals surface area contributed by atoms with Gasteiger partial charge in [0, 0.05) is 0 Å². The topological polar surface area (TPSA) is 21.3 Å². The summed E-state index contributed by atoms with van der Waals surface area (Å²) in [5.74, 6) is 1.63. The lowest BCUT2D eigenvalue weighted by Crippen LogP contribution is -2.20. The largest absolute Gasteiger partial charge is 0.497 e. The molecule has 0 fully saturated rings. The predicted octanol–water partition coefficient (Wildman–Crippen LogP) is 3.73. The fourth-order valence-corrected chi connectivity index (χ4v) is 1.77. The van der Waals surface area contributed by atoms with E-state index in [1.54, 1.807) is 7.11 Å². The van der Waals surface area contributed by atoms with Crippen molar-refractivity contribution in [1.82, 2.24) is 5.32 Å². The van der Waals surface area contributed by atoms with E-state index in [2.05, 4.69) is 44.3 Å². The molecule has 1 aromatic carbocycles. The van der Waals surface area contributed by atoms with E-state index >= 15 is 0 Å². The summed E-state index contributed by atoms with van der Waals surface area (Å²) in [6, 6.07) is 8.20. The highest BCUT2D eigenvalue weighted by Crippen LogP contribution is 2.19. The van der Waals surface area contributed by atoms with Crippen LogP contribution in [0.2, 0.25) is 0 Å². The lowest BCUT2D eigenvalue weighted by atomic mass is 10.1. The Bertz CT molecular complexity index is 382. The van der Waals surface area contributed by atoms with E-state index in [-0.39, 0.29) is 0 Å². The molecule has 2 nitrogen and oxygen atoms in total. The lowest BCUT2D eigenvalue weighted by molar-refractivity contribution is 0.414. The number of hydrogen-bond donors (Lipinski definition) is 1. The maximum Gasteiger partial charge on any atom is 0.119 e. The molecule has 0 aromatic heterocycles. The fourth-order valence-electron chi connectivity index (χ4n) is 1.77. The Balaban J connectivity index is 2.44. The maximum absolute atomic E-state index is 5.23. The lowest BCUT2D eigenvalue weighted by Gasteiger charge is -2.07. The van der Waals surface area contributed by atoms with Gasteiger partial charge in [0.2, 0.25) is 0 Å². The average Bonchev–Trinajstić information content (AvgIpc) is 2.37. The average molecular weight is 247 g/mol. The third-order valence-electron chi connectivity index (χ3n) is 2.85. The highest BCUT2D eigenvalue weighted by molar-refractivity contribution is 5.64. The first-order valence-corrected chi connectivity index (χ1v) is 6.65. The molecule has 0 amide bonds. The first kappa shape index (κ1) is 14.8. The predicted molar refractivity (Wildman–Crippen MR) is 79.0 cm³/mol. The van der Waals surface area contributed by atoms with E-state index < -0.39 is 0 Å². The molecule has 0 aliphatic heterocycles. The fraction of sp³-hybridized carbons (Fsp3) is 0.500. The molecule has 1 aromatic rings. The van der Waals surface area contributed by atoms with E-state index in [4.69, 9.17) is 4.74 Å². The van der Waals surface area contributed by atoms with Crippen LogP contribution in [0.4, 0.5) is 0 Å². The van der Waals surface area contributed by atoms with Crippen LogP contribution in [-0.2, 0) is 0 Å². The standard InChI is InChI=1S/C16H25NO/c1-13(2)12-17-10-6-7-14(3)15-8-5-9-16(11-15)18-4/h5,7-9,11,13,17H,6,10,12H2,1-4H3. The van der Waals surface area contributed by atoms with Gasteiger partial charge in [-0.2, -0.15) is 0 Å². The Labute approximate surface area is 111 Å². The molecular weight excluding hydrogens is 222 g/mol. The molecule has 0 heterocycles. The Morgan fingerprint density at radius 1 is 1.39 bits per heavy atom. The van der Waals surface area contributed by atoms with Crippen LogP contribution in [-0.4, -0.2) is 20.2 Å². The minimum atomic E-state index is 0.716. The summed E-state index contributed by atoms with van der Waals surface area (Å²) in [5, 5.41) is 3.44. The monoisotopic (exact) mass is 247 g/mol. The Hall–Kier alpha value is -1.28. The van der Waals surface area contributed by atoms with Crippen LogP contribution < -0.4 is 10.1 Å². The summed E-state index contributed by atoms with van der Waals surface area (Å²) in [6.45, 7) is 8.73. The van der Waals surface area contributed by atoms with Gasteiger partial charge in [-0.3, -0.25) is 0 Å². The molecule has 0 aliphatic rings. The second-order valence-electron chi connectivity index (χ2n) is 5.01. The molecule has 0 saturated carbocycles. The van der Waals surface area contributed by atoms with Gasteiger partial charge in [0.1, 0.15) is 5.75 Å². The first-order valence-electron chi connectivity index (χ1n) is 6.65. The van der Waals surface area contributed by atoms with Gasteiger partial charge in [0.05, 0.1) is 7.11 Å². The summed E-state index contributed by atoms with van der Waals surface area (Å²) < 4.78 is 5.23. The number of methoxy groups -OCH3 is 1. The summed E-state index contributed by atoms with van der Waals surface area (Å²) in [5.41, 5.74) is 2.54. The van der Waals surface area contributed by atoms with Crippen molar-refractivity contribution in [3.8, 4) is 5.75 Å². The number of rotatable bonds is 7. The summed E-state index contributed by atoms with van der Waals surface area (Å²) in [6.07, 6.45) is 3.35. The van der Waals surface area contributed by atoms with Crippen LogP contribution in [0.25, 0.3) is 5.57 Å². The number of nitrogens with one attached hydrogen (secondary N) is 1. The van der Waals surface area contributed by atoms with Crippen molar-refractivity contribution in [1.29, 1.82) is 0 Å². The van der Waals surface area contributed by atoms with Gasteiger partial charge in [-0.05, 0) is 55.6 Å².